The predicted octanol–water partition coefficient (Wildman–Crippen LogP) is 2.01. The molecule has 0 spiro atoms. The molecule has 0 saturated carbocycles. The van der Waals surface area contributed by atoms with Crippen molar-refractivity contribution in [2.24, 2.45) is 5.41 Å². The maximum atomic E-state index is 12.7. The molecule has 7 heteroatoms. The van der Waals surface area contributed by atoms with Gasteiger partial charge in [0.05, 0.1) is 11.1 Å². The molecule has 2 N–H and O–H groups in total. The van der Waals surface area contributed by atoms with Gasteiger partial charge in [0.1, 0.15) is 0 Å². The Morgan fingerprint density at radius 3 is 2.70 bits per heavy atom. The van der Waals surface area contributed by atoms with E-state index in [0.29, 0.717) is 17.9 Å². The van der Waals surface area contributed by atoms with Gasteiger partial charge in [0.25, 0.3) is 0 Å². The van der Waals surface area contributed by atoms with Crippen molar-refractivity contribution < 1.29 is 12.9 Å². The lowest BCUT2D eigenvalue weighted by molar-refractivity contribution is 0.232. The first-order valence-corrected chi connectivity index (χ1v) is 9.19. The Balaban J connectivity index is 1.83. The molecule has 1 aromatic heterocycles. The van der Waals surface area contributed by atoms with Crippen LogP contribution < -0.4 is 10.0 Å². The number of hydrogen-bond acceptors (Lipinski definition) is 5. The van der Waals surface area contributed by atoms with Crippen LogP contribution in [0.2, 0.25) is 0 Å². The minimum atomic E-state index is -3.61. The largest absolute Gasteiger partial charge is 0.356 e. The smallest absolute Gasteiger partial charge is 0.241 e. The van der Waals surface area contributed by atoms with E-state index in [0.717, 1.165) is 25.9 Å². The van der Waals surface area contributed by atoms with Crippen LogP contribution in [-0.4, -0.2) is 33.2 Å². The van der Waals surface area contributed by atoms with Gasteiger partial charge < -0.3 is 9.84 Å². The lowest BCUT2D eigenvalue weighted by Crippen LogP contribution is -2.42. The van der Waals surface area contributed by atoms with Crippen LogP contribution in [0.3, 0.4) is 0 Å². The number of rotatable bonds is 5. The molecular weight excluding hydrogens is 314 g/mol. The first kappa shape index (κ1) is 16.2. The fourth-order valence-corrected chi connectivity index (χ4v) is 4.22. The Bertz CT molecular complexity index is 751. The number of nitrogens with one attached hydrogen (secondary N) is 2. The van der Waals surface area contributed by atoms with Crippen molar-refractivity contribution in [3.05, 3.63) is 36.5 Å². The quantitative estimate of drug-likeness (QED) is 0.873. The summed E-state index contributed by atoms with van der Waals surface area (Å²) in [6.07, 6.45) is 3.42. The highest BCUT2D eigenvalue weighted by Crippen LogP contribution is 2.29. The summed E-state index contributed by atoms with van der Waals surface area (Å²) in [5, 5.41) is 6.95. The summed E-state index contributed by atoms with van der Waals surface area (Å²) in [7, 11) is -3.61. The van der Waals surface area contributed by atoms with Gasteiger partial charge in [-0.2, -0.15) is 0 Å². The van der Waals surface area contributed by atoms with Gasteiger partial charge in [0.15, 0.2) is 5.76 Å². The van der Waals surface area contributed by atoms with Crippen LogP contribution in [0.25, 0.3) is 11.3 Å². The highest BCUT2D eigenvalue weighted by atomic mass is 32.2. The van der Waals surface area contributed by atoms with Crippen molar-refractivity contribution in [3.63, 3.8) is 0 Å². The fourth-order valence-electron chi connectivity index (χ4n) is 2.81. The predicted molar refractivity (Wildman–Crippen MR) is 87.3 cm³/mol. The molecule has 124 valence electrons. The van der Waals surface area contributed by atoms with Gasteiger partial charge in [-0.25, -0.2) is 13.1 Å². The standard InChI is InChI=1S/C16H21N3O3S/c1-16(7-10-17-11-8-16)12-19-23(20,21)15-5-3-2-4-13(15)14-6-9-18-22-14/h2-6,9,17,19H,7-8,10-12H2,1H3. The maximum Gasteiger partial charge on any atom is 0.241 e. The number of aromatic nitrogens is 1. The van der Waals surface area contributed by atoms with E-state index in [1.165, 1.54) is 6.20 Å². The molecule has 0 aliphatic carbocycles. The van der Waals surface area contributed by atoms with E-state index in [4.69, 9.17) is 4.52 Å². The molecule has 0 amide bonds. The second-order valence-electron chi connectivity index (χ2n) is 6.26. The van der Waals surface area contributed by atoms with E-state index >= 15 is 0 Å². The molecule has 1 fully saturated rings. The Morgan fingerprint density at radius 1 is 1.26 bits per heavy atom. The second kappa shape index (κ2) is 6.43. The van der Waals surface area contributed by atoms with Crippen LogP contribution in [0.4, 0.5) is 0 Å². The van der Waals surface area contributed by atoms with Crippen molar-refractivity contribution in [1.82, 2.24) is 15.2 Å². The van der Waals surface area contributed by atoms with Gasteiger partial charge in [-0.1, -0.05) is 24.2 Å². The van der Waals surface area contributed by atoms with E-state index in [1.54, 1.807) is 30.3 Å². The zero-order valence-corrected chi connectivity index (χ0v) is 13.9. The van der Waals surface area contributed by atoms with Gasteiger partial charge in [-0.3, -0.25) is 0 Å². The summed E-state index contributed by atoms with van der Waals surface area (Å²) in [4.78, 5) is 0.217. The van der Waals surface area contributed by atoms with E-state index < -0.39 is 10.0 Å². The zero-order valence-electron chi connectivity index (χ0n) is 13.1. The molecule has 1 saturated heterocycles. The fraction of sp³-hybridized carbons (Fsp3) is 0.438. The molecule has 0 atom stereocenters. The molecule has 1 aliphatic heterocycles. The molecule has 2 aromatic rings. The zero-order chi connectivity index (χ0) is 16.3. The third-order valence-corrected chi connectivity index (χ3v) is 5.84. The Labute approximate surface area is 136 Å². The summed E-state index contributed by atoms with van der Waals surface area (Å²) in [5.74, 6) is 0.444. The van der Waals surface area contributed by atoms with Crippen LogP contribution in [-0.2, 0) is 10.0 Å². The molecule has 3 rings (SSSR count). The summed E-state index contributed by atoms with van der Waals surface area (Å²) < 4.78 is 33.4. The third-order valence-electron chi connectivity index (χ3n) is 4.38. The van der Waals surface area contributed by atoms with E-state index in [2.05, 4.69) is 22.1 Å². The molecule has 2 heterocycles. The van der Waals surface area contributed by atoms with E-state index in [9.17, 15) is 8.42 Å². The number of hydrogen-bond donors (Lipinski definition) is 2. The third kappa shape index (κ3) is 3.63. The average molecular weight is 335 g/mol. The second-order valence-corrected chi connectivity index (χ2v) is 7.99. The molecule has 1 aliphatic rings. The molecule has 0 bridgehead atoms. The monoisotopic (exact) mass is 335 g/mol. The Kier molecular flexibility index (Phi) is 4.52. The minimum Gasteiger partial charge on any atom is -0.356 e. The van der Waals surface area contributed by atoms with Gasteiger partial charge in [-0.15, -0.1) is 0 Å². The summed E-state index contributed by atoms with van der Waals surface area (Å²) in [6.45, 7) is 4.40. The lowest BCUT2D eigenvalue weighted by Gasteiger charge is -2.34. The van der Waals surface area contributed by atoms with Crippen LogP contribution in [0, 0.1) is 5.41 Å². The van der Waals surface area contributed by atoms with Gasteiger partial charge in [0.2, 0.25) is 10.0 Å². The van der Waals surface area contributed by atoms with Crippen molar-refractivity contribution in [1.29, 1.82) is 0 Å². The van der Waals surface area contributed by atoms with E-state index in [-0.39, 0.29) is 10.3 Å². The average Bonchev–Trinajstić information content (AvgIpc) is 3.08. The first-order valence-electron chi connectivity index (χ1n) is 7.71. The molecular formula is C16H21N3O3S. The maximum absolute atomic E-state index is 12.7. The minimum absolute atomic E-state index is 0.0144. The van der Waals surface area contributed by atoms with Crippen LogP contribution >= 0.6 is 0 Å². The highest BCUT2D eigenvalue weighted by molar-refractivity contribution is 7.89. The van der Waals surface area contributed by atoms with Crippen molar-refractivity contribution in [3.8, 4) is 11.3 Å². The number of sulfonamides is 1. The van der Waals surface area contributed by atoms with Crippen molar-refractivity contribution in [2.75, 3.05) is 19.6 Å². The van der Waals surface area contributed by atoms with Gasteiger partial charge in [-0.05, 0) is 43.5 Å². The number of piperidine rings is 1. The molecule has 0 radical (unpaired) electrons. The summed E-state index contributed by atoms with van der Waals surface area (Å²) in [5.41, 5.74) is 0.507. The molecule has 6 nitrogen and oxygen atoms in total. The van der Waals surface area contributed by atoms with Crippen molar-refractivity contribution in [2.45, 2.75) is 24.7 Å². The van der Waals surface area contributed by atoms with Crippen molar-refractivity contribution >= 4 is 10.0 Å². The Morgan fingerprint density at radius 2 is 2.00 bits per heavy atom. The van der Waals surface area contributed by atoms with Gasteiger partial charge in [0, 0.05) is 18.2 Å². The number of benzene rings is 1. The van der Waals surface area contributed by atoms with Gasteiger partial charge >= 0.3 is 0 Å². The normalized spacial score (nSPS) is 18.0. The molecule has 0 unspecified atom stereocenters. The highest BCUT2D eigenvalue weighted by Gasteiger charge is 2.29. The molecule has 1 aromatic carbocycles. The molecule has 23 heavy (non-hydrogen) atoms. The van der Waals surface area contributed by atoms with Crippen LogP contribution in [0.5, 0.6) is 0 Å². The topological polar surface area (TPSA) is 84.2 Å². The summed E-state index contributed by atoms with van der Waals surface area (Å²) >= 11 is 0. The lowest BCUT2D eigenvalue weighted by atomic mass is 9.81. The number of nitrogens with zero attached hydrogens (tertiary/aromatic N) is 1. The first-order chi connectivity index (χ1) is 11.0. The van der Waals surface area contributed by atoms with Crippen LogP contribution in [0.15, 0.2) is 45.9 Å². The summed E-state index contributed by atoms with van der Waals surface area (Å²) in [6, 6.07) is 8.46. The van der Waals surface area contributed by atoms with Crippen LogP contribution in [0.1, 0.15) is 19.8 Å². The Hall–Kier alpha value is -1.70. The SMILES string of the molecule is CC1(CNS(=O)(=O)c2ccccc2-c2ccno2)CCNCC1. The van der Waals surface area contributed by atoms with E-state index in [1.807, 2.05) is 0 Å².